The smallest absolute Gasteiger partial charge is 0.329 e. The van der Waals surface area contributed by atoms with Gasteiger partial charge in [0.15, 0.2) is 0 Å². The second-order valence-electron chi connectivity index (χ2n) is 6.66. The van der Waals surface area contributed by atoms with Crippen LogP contribution in [-0.2, 0) is 11.3 Å². The van der Waals surface area contributed by atoms with Crippen LogP contribution in [0, 0.1) is 12.7 Å². The Morgan fingerprint density at radius 2 is 1.93 bits per heavy atom. The molecule has 3 amide bonds. The van der Waals surface area contributed by atoms with E-state index in [1.165, 1.54) is 18.2 Å². The number of imide groups is 1. The number of amides is 3. The van der Waals surface area contributed by atoms with E-state index in [0.29, 0.717) is 11.5 Å². The fourth-order valence-electron chi connectivity index (χ4n) is 3.05. The van der Waals surface area contributed by atoms with Crippen LogP contribution in [0.25, 0.3) is 17.4 Å². The number of furan rings is 1. The first-order valence-electron chi connectivity index (χ1n) is 8.86. The van der Waals surface area contributed by atoms with Crippen molar-refractivity contribution in [3.63, 3.8) is 0 Å². The highest BCUT2D eigenvalue weighted by atomic mass is 79.9. The Morgan fingerprint density at radius 1 is 1.14 bits per heavy atom. The van der Waals surface area contributed by atoms with E-state index >= 15 is 0 Å². The van der Waals surface area contributed by atoms with Gasteiger partial charge in [0.05, 0.1) is 6.54 Å². The molecular formula is C22H16BrFN2O3. The van der Waals surface area contributed by atoms with E-state index in [9.17, 15) is 14.0 Å². The van der Waals surface area contributed by atoms with Gasteiger partial charge < -0.3 is 9.73 Å². The molecule has 0 aliphatic carbocycles. The van der Waals surface area contributed by atoms with E-state index in [4.69, 9.17) is 4.42 Å². The lowest BCUT2D eigenvalue weighted by molar-refractivity contribution is -0.123. The zero-order valence-corrected chi connectivity index (χ0v) is 17.0. The van der Waals surface area contributed by atoms with Gasteiger partial charge in [-0.2, -0.15) is 0 Å². The highest BCUT2D eigenvalue weighted by molar-refractivity contribution is 9.10. The minimum atomic E-state index is -0.599. The van der Waals surface area contributed by atoms with Crippen LogP contribution in [0.15, 0.2) is 69.2 Å². The first-order chi connectivity index (χ1) is 13.9. The van der Waals surface area contributed by atoms with Crippen LogP contribution in [0.2, 0.25) is 0 Å². The first kappa shape index (κ1) is 19.1. The number of rotatable bonds is 4. The summed E-state index contributed by atoms with van der Waals surface area (Å²) >= 11 is 3.52. The topological polar surface area (TPSA) is 62.6 Å². The third kappa shape index (κ3) is 3.86. The molecule has 1 aliphatic heterocycles. The van der Waals surface area contributed by atoms with Crippen LogP contribution in [0.1, 0.15) is 16.9 Å². The Kier molecular flexibility index (Phi) is 5.07. The minimum Gasteiger partial charge on any atom is -0.457 e. The van der Waals surface area contributed by atoms with Crippen molar-refractivity contribution >= 4 is 33.9 Å². The van der Waals surface area contributed by atoms with E-state index in [1.807, 2.05) is 25.1 Å². The summed E-state index contributed by atoms with van der Waals surface area (Å²) in [7, 11) is 0. The van der Waals surface area contributed by atoms with E-state index < -0.39 is 17.8 Å². The largest absolute Gasteiger partial charge is 0.457 e. The molecule has 29 heavy (non-hydrogen) atoms. The molecule has 4 rings (SSSR count). The lowest BCUT2D eigenvalue weighted by Crippen LogP contribution is -2.30. The fourth-order valence-corrected chi connectivity index (χ4v) is 3.74. The molecule has 0 bridgehead atoms. The number of carbonyl (C=O) groups excluding carboxylic acids is 2. The van der Waals surface area contributed by atoms with Crippen LogP contribution in [0.4, 0.5) is 9.18 Å². The number of nitrogens with one attached hydrogen (secondary N) is 1. The Hall–Kier alpha value is -3.19. The number of hydrogen-bond donors (Lipinski definition) is 1. The SMILES string of the molecule is Cc1ccc(-c2ccc(/C=C3\NC(=O)N(Cc4ccccc4F)C3=O)o2)c(Br)c1. The molecule has 2 heterocycles. The molecule has 1 N–H and O–H groups in total. The van der Waals surface area contributed by atoms with Crippen molar-refractivity contribution in [2.24, 2.45) is 0 Å². The summed E-state index contributed by atoms with van der Waals surface area (Å²) in [6.45, 7) is 1.85. The number of carbonyl (C=O) groups is 2. The van der Waals surface area contributed by atoms with Crippen molar-refractivity contribution in [3.8, 4) is 11.3 Å². The predicted molar refractivity (Wildman–Crippen MR) is 110 cm³/mol. The molecule has 0 atom stereocenters. The fraction of sp³-hybridized carbons (Fsp3) is 0.0909. The summed E-state index contributed by atoms with van der Waals surface area (Å²) in [5.74, 6) is 0.0465. The quantitative estimate of drug-likeness (QED) is 0.432. The van der Waals surface area contributed by atoms with Crippen LogP contribution in [0.5, 0.6) is 0 Å². The molecule has 0 spiro atoms. The highest BCUT2D eigenvalue weighted by Gasteiger charge is 2.34. The molecule has 1 aromatic heterocycles. The Balaban J connectivity index is 1.56. The summed E-state index contributed by atoms with van der Waals surface area (Å²) in [6, 6.07) is 14.8. The van der Waals surface area contributed by atoms with E-state index in [-0.39, 0.29) is 17.8 Å². The maximum absolute atomic E-state index is 13.9. The standard InChI is InChI=1S/C22H16BrFN2O3/c1-13-6-8-16(17(23)10-13)20-9-7-15(29-20)11-19-21(27)26(22(28)25-19)12-14-4-2-3-5-18(14)24/h2-11H,12H2,1H3,(H,25,28)/b19-11-. The molecular weight excluding hydrogens is 439 g/mol. The lowest BCUT2D eigenvalue weighted by atomic mass is 10.1. The molecule has 146 valence electrons. The third-order valence-corrected chi connectivity index (χ3v) is 5.21. The average molecular weight is 455 g/mol. The van der Waals surface area contributed by atoms with Crippen molar-refractivity contribution in [3.05, 3.63) is 87.5 Å². The van der Waals surface area contributed by atoms with Gasteiger partial charge >= 0.3 is 6.03 Å². The summed E-state index contributed by atoms with van der Waals surface area (Å²) < 4.78 is 20.6. The molecule has 0 unspecified atom stereocenters. The van der Waals surface area contributed by atoms with Crippen molar-refractivity contribution < 1.29 is 18.4 Å². The number of nitrogens with zero attached hydrogens (tertiary/aromatic N) is 1. The van der Waals surface area contributed by atoms with Gasteiger partial charge in [0, 0.05) is 21.7 Å². The van der Waals surface area contributed by atoms with Crippen LogP contribution in [0.3, 0.4) is 0 Å². The zero-order chi connectivity index (χ0) is 20.5. The van der Waals surface area contributed by atoms with Crippen LogP contribution in [-0.4, -0.2) is 16.8 Å². The van der Waals surface area contributed by atoms with Crippen LogP contribution >= 0.6 is 15.9 Å². The van der Waals surface area contributed by atoms with Gasteiger partial charge in [0.25, 0.3) is 5.91 Å². The highest BCUT2D eigenvalue weighted by Crippen LogP contribution is 2.31. The number of hydrogen-bond acceptors (Lipinski definition) is 3. The Bertz CT molecular complexity index is 1150. The summed E-state index contributed by atoms with van der Waals surface area (Å²) in [5.41, 5.74) is 2.34. The number of urea groups is 1. The van der Waals surface area contributed by atoms with E-state index in [1.54, 1.807) is 24.3 Å². The van der Waals surface area contributed by atoms with Gasteiger partial charge in [-0.05, 0) is 42.8 Å². The molecule has 7 heteroatoms. The van der Waals surface area contributed by atoms with Gasteiger partial charge in [-0.15, -0.1) is 0 Å². The van der Waals surface area contributed by atoms with Gasteiger partial charge in [-0.1, -0.05) is 40.2 Å². The van der Waals surface area contributed by atoms with Gasteiger partial charge in [0.1, 0.15) is 23.0 Å². The Labute approximate surface area is 174 Å². The normalized spacial score (nSPS) is 15.3. The summed E-state index contributed by atoms with van der Waals surface area (Å²) in [4.78, 5) is 25.8. The predicted octanol–water partition coefficient (Wildman–Crippen LogP) is 5.25. The van der Waals surface area contributed by atoms with Crippen molar-refractivity contribution in [1.82, 2.24) is 10.2 Å². The third-order valence-electron chi connectivity index (χ3n) is 4.55. The van der Waals surface area contributed by atoms with Crippen molar-refractivity contribution in [1.29, 1.82) is 0 Å². The molecule has 0 radical (unpaired) electrons. The summed E-state index contributed by atoms with van der Waals surface area (Å²) in [6.07, 6.45) is 1.47. The Morgan fingerprint density at radius 3 is 2.69 bits per heavy atom. The molecule has 0 saturated carbocycles. The molecule has 1 aliphatic rings. The molecule has 2 aromatic carbocycles. The number of benzene rings is 2. The van der Waals surface area contributed by atoms with Gasteiger partial charge in [0.2, 0.25) is 0 Å². The van der Waals surface area contributed by atoms with Crippen molar-refractivity contribution in [2.45, 2.75) is 13.5 Å². The van der Waals surface area contributed by atoms with Crippen LogP contribution < -0.4 is 5.32 Å². The maximum atomic E-state index is 13.9. The van der Waals surface area contributed by atoms with Gasteiger partial charge in [-0.3, -0.25) is 9.69 Å². The molecule has 3 aromatic rings. The van der Waals surface area contributed by atoms with Crippen molar-refractivity contribution in [2.75, 3.05) is 0 Å². The lowest BCUT2D eigenvalue weighted by Gasteiger charge is -2.12. The van der Waals surface area contributed by atoms with E-state index in [0.717, 1.165) is 20.5 Å². The minimum absolute atomic E-state index is 0.0789. The second-order valence-corrected chi connectivity index (χ2v) is 7.51. The first-order valence-corrected chi connectivity index (χ1v) is 9.66. The average Bonchev–Trinajstić information content (AvgIpc) is 3.24. The van der Waals surface area contributed by atoms with E-state index in [2.05, 4.69) is 21.2 Å². The zero-order valence-electron chi connectivity index (χ0n) is 15.4. The second kappa shape index (κ2) is 7.67. The summed E-state index contributed by atoms with van der Waals surface area (Å²) in [5, 5.41) is 2.52. The number of aryl methyl sites for hydroxylation is 1. The monoisotopic (exact) mass is 454 g/mol. The molecule has 1 fully saturated rings. The van der Waals surface area contributed by atoms with Gasteiger partial charge in [-0.25, -0.2) is 9.18 Å². The molecule has 5 nitrogen and oxygen atoms in total. The number of halogens is 2. The maximum Gasteiger partial charge on any atom is 0.329 e. The molecule has 1 saturated heterocycles.